The molecule has 0 radical (unpaired) electrons. The van der Waals surface area contributed by atoms with Crippen molar-refractivity contribution in [2.45, 2.75) is 42.9 Å². The smallest absolute Gasteiger partial charge is 0.380 e. The predicted octanol–water partition coefficient (Wildman–Crippen LogP) is 2.82. The van der Waals surface area contributed by atoms with Gasteiger partial charge in [0.15, 0.2) is 5.60 Å². The Morgan fingerprint density at radius 2 is 1.71 bits per heavy atom. The fourth-order valence-corrected chi connectivity index (χ4v) is 3.23. The maximum Gasteiger partial charge on any atom is 0.417 e. The number of alkyl halides is 3. The molecule has 3 rings (SSSR count). The zero-order valence-corrected chi connectivity index (χ0v) is 13.3. The van der Waals surface area contributed by atoms with Crippen molar-refractivity contribution in [2.24, 2.45) is 0 Å². The van der Waals surface area contributed by atoms with Crippen LogP contribution in [0.5, 0.6) is 0 Å². The van der Waals surface area contributed by atoms with E-state index in [1.165, 1.54) is 10.5 Å². The normalized spacial score (nSPS) is 22.1. The first kappa shape index (κ1) is 17.1. The topological polar surface area (TPSA) is 52.6 Å². The minimum absolute atomic E-state index is 0.0422. The number of halogens is 3. The number of aliphatic hydroxyl groups is 1. The second-order valence-corrected chi connectivity index (χ2v) is 6.82. The molecule has 1 saturated heterocycles. The molecule has 1 aromatic rings. The largest absolute Gasteiger partial charge is 0.417 e. The van der Waals surface area contributed by atoms with Crippen molar-refractivity contribution in [1.29, 1.82) is 0 Å². The molecule has 1 aliphatic heterocycles. The van der Waals surface area contributed by atoms with Crippen molar-refractivity contribution in [3.63, 3.8) is 0 Å². The Bertz CT molecular complexity index is 592. The van der Waals surface area contributed by atoms with E-state index < -0.39 is 24.6 Å². The molecular weight excluding hydrogens is 321 g/mol. The lowest BCUT2D eigenvalue weighted by Gasteiger charge is -2.39. The van der Waals surface area contributed by atoms with Crippen LogP contribution in [0.25, 0.3) is 0 Å². The maximum absolute atomic E-state index is 12.8. The first-order valence-electron chi connectivity index (χ1n) is 8.13. The zero-order valence-electron chi connectivity index (χ0n) is 13.3. The van der Waals surface area contributed by atoms with E-state index in [0.717, 1.165) is 12.8 Å². The van der Waals surface area contributed by atoms with Gasteiger partial charge in [-0.1, -0.05) is 30.3 Å². The van der Waals surface area contributed by atoms with Crippen LogP contribution < -0.4 is 5.32 Å². The summed E-state index contributed by atoms with van der Waals surface area (Å²) in [6.07, 6.45) is -3.63. The molecular formula is C17H21F3N2O2. The summed E-state index contributed by atoms with van der Waals surface area (Å²) in [6, 6.07) is 9.56. The molecule has 2 fully saturated rings. The van der Waals surface area contributed by atoms with E-state index in [1.54, 1.807) is 0 Å². The lowest BCUT2D eigenvalue weighted by Crippen LogP contribution is -2.56. The number of benzene rings is 1. The molecule has 0 bridgehead atoms. The van der Waals surface area contributed by atoms with Gasteiger partial charge in [-0.2, -0.15) is 13.2 Å². The van der Waals surface area contributed by atoms with Crippen LogP contribution in [0.2, 0.25) is 0 Å². The van der Waals surface area contributed by atoms with Crippen LogP contribution in [0.15, 0.2) is 30.3 Å². The number of hydrogen-bond acceptors (Lipinski definition) is 2. The average molecular weight is 342 g/mol. The SMILES string of the molecule is O=C(NCC1(c2ccccc2)CC1)N1CCC(O)(C(F)(F)F)CC1. The van der Waals surface area contributed by atoms with Gasteiger partial charge in [0.1, 0.15) is 0 Å². The van der Waals surface area contributed by atoms with E-state index in [9.17, 15) is 23.1 Å². The number of nitrogens with zero attached hydrogens (tertiary/aromatic N) is 1. The molecule has 0 atom stereocenters. The van der Waals surface area contributed by atoms with Crippen molar-refractivity contribution in [3.05, 3.63) is 35.9 Å². The van der Waals surface area contributed by atoms with Crippen LogP contribution in [0, 0.1) is 0 Å². The zero-order chi connectivity index (χ0) is 17.4. The third-order valence-electron chi connectivity index (χ3n) is 5.22. The number of amides is 2. The van der Waals surface area contributed by atoms with Gasteiger partial charge in [-0.3, -0.25) is 0 Å². The number of piperidine rings is 1. The number of carbonyl (C=O) groups is 1. The molecule has 1 saturated carbocycles. The molecule has 2 N–H and O–H groups in total. The number of rotatable bonds is 3. The van der Waals surface area contributed by atoms with Crippen LogP contribution in [0.1, 0.15) is 31.2 Å². The minimum Gasteiger partial charge on any atom is -0.380 e. The summed E-state index contributed by atoms with van der Waals surface area (Å²) in [4.78, 5) is 13.6. The summed E-state index contributed by atoms with van der Waals surface area (Å²) >= 11 is 0. The van der Waals surface area contributed by atoms with Gasteiger partial charge in [-0.05, 0) is 18.4 Å². The molecule has 1 heterocycles. The Morgan fingerprint density at radius 1 is 1.12 bits per heavy atom. The summed E-state index contributed by atoms with van der Waals surface area (Å²) < 4.78 is 38.4. The predicted molar refractivity (Wildman–Crippen MR) is 82.6 cm³/mol. The molecule has 7 heteroatoms. The highest BCUT2D eigenvalue weighted by Gasteiger charge is 2.55. The van der Waals surface area contributed by atoms with Crippen molar-refractivity contribution in [2.75, 3.05) is 19.6 Å². The molecule has 24 heavy (non-hydrogen) atoms. The van der Waals surface area contributed by atoms with Gasteiger partial charge in [0.25, 0.3) is 0 Å². The van der Waals surface area contributed by atoms with Crippen LogP contribution in [0.4, 0.5) is 18.0 Å². The molecule has 1 aliphatic carbocycles. The van der Waals surface area contributed by atoms with Crippen molar-refractivity contribution in [1.82, 2.24) is 10.2 Å². The molecule has 132 valence electrons. The lowest BCUT2D eigenvalue weighted by molar-refractivity contribution is -0.271. The van der Waals surface area contributed by atoms with Gasteiger partial charge in [0, 0.05) is 37.9 Å². The number of carbonyl (C=O) groups excluding carboxylic acids is 1. The Kier molecular flexibility index (Phi) is 4.23. The molecule has 4 nitrogen and oxygen atoms in total. The molecule has 0 unspecified atom stereocenters. The van der Waals surface area contributed by atoms with Crippen molar-refractivity contribution in [3.8, 4) is 0 Å². The standard InChI is InChI=1S/C17H21F3N2O2/c18-17(19,20)16(24)8-10-22(11-9-16)14(23)21-12-15(6-7-15)13-4-2-1-3-5-13/h1-5,24H,6-12H2,(H,21,23). The van der Waals surface area contributed by atoms with E-state index in [1.807, 2.05) is 30.3 Å². The van der Waals surface area contributed by atoms with E-state index in [2.05, 4.69) is 5.32 Å². The van der Waals surface area contributed by atoms with E-state index in [0.29, 0.717) is 6.54 Å². The third-order valence-corrected chi connectivity index (χ3v) is 5.22. The third kappa shape index (κ3) is 3.22. The fraction of sp³-hybridized carbons (Fsp3) is 0.588. The van der Waals surface area contributed by atoms with Crippen LogP contribution in [-0.4, -0.2) is 47.4 Å². The average Bonchev–Trinajstić information content (AvgIpc) is 3.34. The fourth-order valence-electron chi connectivity index (χ4n) is 3.23. The van der Waals surface area contributed by atoms with E-state index in [4.69, 9.17) is 0 Å². The summed E-state index contributed by atoms with van der Waals surface area (Å²) in [5.41, 5.74) is -1.54. The van der Waals surface area contributed by atoms with Gasteiger partial charge < -0.3 is 15.3 Å². The lowest BCUT2D eigenvalue weighted by atomic mass is 9.91. The van der Waals surface area contributed by atoms with Gasteiger partial charge in [-0.15, -0.1) is 0 Å². The van der Waals surface area contributed by atoms with Gasteiger partial charge in [-0.25, -0.2) is 4.79 Å². The highest BCUT2D eigenvalue weighted by molar-refractivity contribution is 5.74. The number of nitrogens with one attached hydrogen (secondary N) is 1. The number of urea groups is 1. The first-order valence-corrected chi connectivity index (χ1v) is 8.13. The van der Waals surface area contributed by atoms with E-state index in [-0.39, 0.29) is 24.5 Å². The van der Waals surface area contributed by atoms with Crippen LogP contribution in [-0.2, 0) is 5.41 Å². The quantitative estimate of drug-likeness (QED) is 0.887. The summed E-state index contributed by atoms with van der Waals surface area (Å²) in [6.45, 7) is 0.288. The molecule has 1 aromatic carbocycles. The number of hydrogen-bond donors (Lipinski definition) is 2. The summed E-state index contributed by atoms with van der Waals surface area (Å²) in [5, 5.41) is 12.5. The molecule has 0 aromatic heterocycles. The molecule has 2 aliphatic rings. The van der Waals surface area contributed by atoms with Gasteiger partial charge in [0.05, 0.1) is 0 Å². The van der Waals surface area contributed by atoms with Gasteiger partial charge >= 0.3 is 12.2 Å². The van der Waals surface area contributed by atoms with E-state index >= 15 is 0 Å². The second kappa shape index (κ2) is 5.95. The van der Waals surface area contributed by atoms with Crippen LogP contribution in [0.3, 0.4) is 0 Å². The highest BCUT2D eigenvalue weighted by atomic mass is 19.4. The van der Waals surface area contributed by atoms with Crippen molar-refractivity contribution >= 4 is 6.03 Å². The Hall–Kier alpha value is -1.76. The second-order valence-electron chi connectivity index (χ2n) is 6.82. The van der Waals surface area contributed by atoms with Crippen molar-refractivity contribution < 1.29 is 23.1 Å². The Morgan fingerprint density at radius 3 is 2.21 bits per heavy atom. The number of likely N-dealkylation sites (tertiary alicyclic amines) is 1. The highest BCUT2D eigenvalue weighted by Crippen LogP contribution is 2.47. The molecule has 2 amide bonds. The monoisotopic (exact) mass is 342 g/mol. The first-order chi connectivity index (χ1) is 11.3. The molecule has 0 spiro atoms. The summed E-state index contributed by atoms with van der Waals surface area (Å²) in [5.74, 6) is 0. The maximum atomic E-state index is 12.8. The van der Waals surface area contributed by atoms with Crippen LogP contribution >= 0.6 is 0 Å². The minimum atomic E-state index is -4.65. The summed E-state index contributed by atoms with van der Waals surface area (Å²) in [7, 11) is 0. The Balaban J connectivity index is 1.52. The van der Waals surface area contributed by atoms with Gasteiger partial charge in [0.2, 0.25) is 0 Å². The Labute approximate surface area is 138 Å².